The quantitative estimate of drug-likeness (QED) is 0.680. The van der Waals surface area contributed by atoms with Crippen molar-refractivity contribution in [3.05, 3.63) is 45.9 Å². The van der Waals surface area contributed by atoms with Gasteiger partial charge >= 0.3 is 0 Å². The van der Waals surface area contributed by atoms with E-state index in [1.54, 1.807) is 16.8 Å². The average Bonchev–Trinajstić information content (AvgIpc) is 2.71. The number of rotatable bonds is 0. The highest BCUT2D eigenvalue weighted by Crippen LogP contribution is 2.57. The minimum Gasteiger partial charge on any atom is -0.374 e. The van der Waals surface area contributed by atoms with Crippen LogP contribution in [0, 0.1) is 11.3 Å². The Balaban J connectivity index is 2.04. The first-order valence-corrected chi connectivity index (χ1v) is 7.90. The molecular weight excluding hydrogens is 268 g/mol. The van der Waals surface area contributed by atoms with E-state index in [0.717, 1.165) is 11.6 Å². The van der Waals surface area contributed by atoms with Crippen molar-refractivity contribution in [3.63, 3.8) is 0 Å². The van der Waals surface area contributed by atoms with E-state index in [0.29, 0.717) is 12.0 Å². The molecule has 2 aliphatic heterocycles. The van der Waals surface area contributed by atoms with Gasteiger partial charge in [0.15, 0.2) is 0 Å². The standard InChI is InChI=1S/C17H21ClN2/c1-10-15-8-12-11-6-7-19-16(18)9-17(10,2)13(11)4-5-14(12)20(15)3/h6-7,9-10,15,19H,4-5,8H2,1-3H3/b7-6-,16-9-. The second-order valence-corrected chi connectivity index (χ2v) is 7.15. The normalized spacial score (nSPS) is 42.8. The van der Waals surface area contributed by atoms with E-state index in [2.05, 4.69) is 43.3 Å². The molecule has 0 spiro atoms. The molecule has 4 aliphatic rings. The summed E-state index contributed by atoms with van der Waals surface area (Å²) in [6.07, 6.45) is 10.0. The first-order valence-electron chi connectivity index (χ1n) is 7.52. The van der Waals surface area contributed by atoms with Crippen molar-refractivity contribution in [1.29, 1.82) is 0 Å². The van der Waals surface area contributed by atoms with Crippen molar-refractivity contribution in [2.45, 2.75) is 39.2 Å². The summed E-state index contributed by atoms with van der Waals surface area (Å²) in [4.78, 5) is 2.54. The summed E-state index contributed by atoms with van der Waals surface area (Å²) in [5.41, 5.74) is 6.27. The molecule has 2 nitrogen and oxygen atoms in total. The van der Waals surface area contributed by atoms with E-state index in [1.165, 1.54) is 18.4 Å². The average molecular weight is 289 g/mol. The van der Waals surface area contributed by atoms with Crippen molar-refractivity contribution in [2.24, 2.45) is 11.3 Å². The number of hydrogen-bond acceptors (Lipinski definition) is 2. The third-order valence-electron chi connectivity index (χ3n) is 6.02. The summed E-state index contributed by atoms with van der Waals surface area (Å²) in [5, 5.41) is 3.94. The molecule has 1 N–H and O–H groups in total. The number of fused-ring (bicyclic) bond motifs is 1. The van der Waals surface area contributed by atoms with Crippen LogP contribution in [0.1, 0.15) is 33.1 Å². The molecule has 0 aromatic carbocycles. The Morgan fingerprint density at radius 2 is 2.20 bits per heavy atom. The third-order valence-corrected chi connectivity index (χ3v) is 6.24. The Morgan fingerprint density at radius 1 is 1.40 bits per heavy atom. The topological polar surface area (TPSA) is 15.3 Å². The maximum atomic E-state index is 6.37. The summed E-state index contributed by atoms with van der Waals surface area (Å²) in [7, 11) is 2.27. The van der Waals surface area contributed by atoms with Crippen LogP contribution in [-0.4, -0.2) is 18.0 Å². The fourth-order valence-electron chi connectivity index (χ4n) is 4.71. The van der Waals surface area contributed by atoms with Gasteiger partial charge in [-0.15, -0.1) is 0 Å². The SMILES string of the molecule is CC1C2CC3=C(CCC4=C3/C=C\N/C(Cl)=C\C41C)N2C. The predicted octanol–water partition coefficient (Wildman–Crippen LogP) is 3.89. The Kier molecular flexibility index (Phi) is 2.48. The second-order valence-electron chi connectivity index (χ2n) is 6.74. The molecule has 106 valence electrons. The fourth-order valence-corrected chi connectivity index (χ4v) is 4.99. The van der Waals surface area contributed by atoms with Crippen LogP contribution in [0.5, 0.6) is 0 Å². The fraction of sp³-hybridized carbons (Fsp3) is 0.529. The van der Waals surface area contributed by atoms with E-state index in [9.17, 15) is 0 Å². The second kappa shape index (κ2) is 3.94. The Bertz CT molecular complexity index is 610. The molecule has 4 rings (SSSR count). The minimum atomic E-state index is 0.0524. The summed E-state index contributed by atoms with van der Waals surface area (Å²) in [5.74, 6) is 0.565. The molecule has 0 amide bonds. The molecule has 5 bridgehead atoms. The summed E-state index contributed by atoms with van der Waals surface area (Å²) < 4.78 is 0. The van der Waals surface area contributed by atoms with Gasteiger partial charge in [0.05, 0.1) is 0 Å². The van der Waals surface area contributed by atoms with Gasteiger partial charge in [0.25, 0.3) is 0 Å². The van der Waals surface area contributed by atoms with Crippen molar-refractivity contribution >= 4 is 11.6 Å². The van der Waals surface area contributed by atoms with Crippen LogP contribution < -0.4 is 5.32 Å². The molecule has 0 radical (unpaired) electrons. The molecule has 2 heterocycles. The van der Waals surface area contributed by atoms with Crippen LogP contribution in [0.15, 0.2) is 45.9 Å². The van der Waals surface area contributed by atoms with Crippen LogP contribution >= 0.6 is 11.6 Å². The van der Waals surface area contributed by atoms with Crippen LogP contribution in [-0.2, 0) is 0 Å². The minimum absolute atomic E-state index is 0.0524. The van der Waals surface area contributed by atoms with E-state index >= 15 is 0 Å². The lowest BCUT2D eigenvalue weighted by Gasteiger charge is -2.45. The van der Waals surface area contributed by atoms with Gasteiger partial charge in [-0.25, -0.2) is 0 Å². The van der Waals surface area contributed by atoms with Crippen LogP contribution in [0.4, 0.5) is 0 Å². The Morgan fingerprint density at radius 3 is 3.00 bits per heavy atom. The number of hydrogen-bond donors (Lipinski definition) is 1. The summed E-state index contributed by atoms with van der Waals surface area (Å²) in [6, 6.07) is 0.602. The molecule has 0 aromatic rings. The van der Waals surface area contributed by atoms with Crippen molar-refractivity contribution in [1.82, 2.24) is 10.2 Å². The lowest BCUT2D eigenvalue weighted by molar-refractivity contribution is 0.161. The van der Waals surface area contributed by atoms with Crippen LogP contribution in [0.3, 0.4) is 0 Å². The molecule has 3 unspecified atom stereocenters. The van der Waals surface area contributed by atoms with E-state index < -0.39 is 0 Å². The first kappa shape index (κ1) is 12.6. The van der Waals surface area contributed by atoms with Gasteiger partial charge < -0.3 is 10.2 Å². The van der Waals surface area contributed by atoms with Gasteiger partial charge in [-0.2, -0.15) is 0 Å². The molecule has 2 aliphatic carbocycles. The largest absolute Gasteiger partial charge is 0.374 e. The smallest absolute Gasteiger partial charge is 0.103 e. The van der Waals surface area contributed by atoms with Gasteiger partial charge in [0.1, 0.15) is 5.16 Å². The zero-order valence-electron chi connectivity index (χ0n) is 12.3. The molecule has 0 aromatic heterocycles. The highest BCUT2D eigenvalue weighted by atomic mass is 35.5. The predicted molar refractivity (Wildman–Crippen MR) is 82.9 cm³/mol. The van der Waals surface area contributed by atoms with E-state index in [-0.39, 0.29) is 5.41 Å². The molecular formula is C17H21ClN2. The molecule has 3 atom stereocenters. The van der Waals surface area contributed by atoms with Crippen molar-refractivity contribution in [3.8, 4) is 0 Å². The van der Waals surface area contributed by atoms with E-state index in [4.69, 9.17) is 11.6 Å². The number of halogens is 1. The van der Waals surface area contributed by atoms with Gasteiger partial charge in [-0.05, 0) is 48.5 Å². The van der Waals surface area contributed by atoms with Crippen molar-refractivity contribution < 1.29 is 0 Å². The highest BCUT2D eigenvalue weighted by Gasteiger charge is 2.49. The zero-order valence-corrected chi connectivity index (χ0v) is 13.1. The summed E-state index contributed by atoms with van der Waals surface area (Å²) in [6.45, 7) is 4.76. The third kappa shape index (κ3) is 1.41. The first-order chi connectivity index (χ1) is 9.52. The Labute approximate surface area is 125 Å². The maximum Gasteiger partial charge on any atom is 0.103 e. The lowest BCUT2D eigenvalue weighted by atomic mass is 9.66. The Hall–Kier alpha value is -1.15. The summed E-state index contributed by atoms with van der Waals surface area (Å²) >= 11 is 6.37. The highest BCUT2D eigenvalue weighted by molar-refractivity contribution is 6.29. The number of nitrogens with zero attached hydrogens (tertiary/aromatic N) is 1. The van der Waals surface area contributed by atoms with Gasteiger partial charge in [0.2, 0.25) is 0 Å². The molecule has 0 saturated carbocycles. The molecule has 0 saturated heterocycles. The van der Waals surface area contributed by atoms with E-state index in [1.807, 2.05) is 6.20 Å². The molecule has 0 fully saturated rings. The number of likely N-dealkylation sites (tertiary alicyclic amines) is 1. The number of nitrogens with one attached hydrogen (secondary N) is 1. The molecule has 20 heavy (non-hydrogen) atoms. The van der Waals surface area contributed by atoms with Crippen LogP contribution in [0.2, 0.25) is 0 Å². The monoisotopic (exact) mass is 288 g/mol. The van der Waals surface area contributed by atoms with Gasteiger partial charge in [-0.3, -0.25) is 0 Å². The van der Waals surface area contributed by atoms with Gasteiger partial charge in [0, 0.05) is 30.4 Å². The van der Waals surface area contributed by atoms with Gasteiger partial charge in [-0.1, -0.05) is 31.0 Å². The lowest BCUT2D eigenvalue weighted by Crippen LogP contribution is -2.43. The molecule has 3 heteroatoms. The van der Waals surface area contributed by atoms with Crippen molar-refractivity contribution in [2.75, 3.05) is 7.05 Å². The number of allylic oxidation sites excluding steroid dienone is 5. The van der Waals surface area contributed by atoms with Crippen LogP contribution in [0.25, 0.3) is 0 Å². The zero-order chi connectivity index (χ0) is 14.1. The maximum absolute atomic E-state index is 6.37.